The quantitative estimate of drug-likeness (QED) is 0.538. The Hall–Kier alpha value is -3.43. The van der Waals surface area contributed by atoms with Crippen LogP contribution in [0.5, 0.6) is 17.6 Å². The van der Waals surface area contributed by atoms with E-state index in [0.29, 0.717) is 23.7 Å². The van der Waals surface area contributed by atoms with Crippen molar-refractivity contribution in [3.8, 4) is 17.6 Å². The lowest BCUT2D eigenvalue weighted by molar-refractivity contribution is 0.352. The molecule has 2 aliphatic rings. The predicted octanol–water partition coefficient (Wildman–Crippen LogP) is 4.66. The summed E-state index contributed by atoms with van der Waals surface area (Å²) in [5.74, 6) is -0.350. The number of pyridine rings is 1. The number of nitrogens with one attached hydrogen (secondary N) is 1. The molecule has 0 spiro atoms. The number of aromatic nitrogens is 4. The number of halogens is 2. The predicted molar refractivity (Wildman–Crippen MR) is 123 cm³/mol. The second-order valence-electron chi connectivity index (χ2n) is 9.14. The van der Waals surface area contributed by atoms with E-state index in [2.05, 4.69) is 25.3 Å². The van der Waals surface area contributed by atoms with Crippen molar-refractivity contribution in [2.75, 3.05) is 30.4 Å². The molecule has 2 fully saturated rings. The number of ether oxygens (including phenoxy) is 2. The fourth-order valence-corrected chi connectivity index (χ4v) is 4.96. The van der Waals surface area contributed by atoms with Crippen molar-refractivity contribution in [1.29, 1.82) is 0 Å². The Balaban J connectivity index is 1.33. The molecule has 2 bridgehead atoms. The molecule has 3 aromatic rings. The van der Waals surface area contributed by atoms with E-state index in [-0.39, 0.29) is 23.8 Å². The van der Waals surface area contributed by atoms with E-state index >= 15 is 0 Å². The van der Waals surface area contributed by atoms with Crippen LogP contribution in [0.3, 0.4) is 0 Å². The molecule has 0 radical (unpaired) electrons. The van der Waals surface area contributed by atoms with E-state index in [1.54, 1.807) is 18.0 Å². The Morgan fingerprint density at radius 2 is 1.88 bits per heavy atom. The van der Waals surface area contributed by atoms with E-state index in [9.17, 15) is 8.78 Å². The first-order valence-corrected chi connectivity index (χ1v) is 11.5. The van der Waals surface area contributed by atoms with Crippen LogP contribution in [0, 0.1) is 23.5 Å². The molecular formula is C24H28F2N6O2. The van der Waals surface area contributed by atoms with E-state index in [4.69, 9.17) is 9.47 Å². The van der Waals surface area contributed by atoms with Gasteiger partial charge in [-0.05, 0) is 56.7 Å². The Bertz CT molecular complexity index is 1160. The second kappa shape index (κ2) is 9.08. The lowest BCUT2D eigenvalue weighted by Crippen LogP contribution is -2.48. The van der Waals surface area contributed by atoms with Gasteiger partial charge < -0.3 is 19.7 Å². The Kier molecular flexibility index (Phi) is 5.97. The van der Waals surface area contributed by atoms with Crippen LogP contribution in [0.4, 0.5) is 20.4 Å². The van der Waals surface area contributed by atoms with Gasteiger partial charge in [-0.15, -0.1) is 5.10 Å². The molecule has 5 rings (SSSR count). The summed E-state index contributed by atoms with van der Waals surface area (Å²) in [7, 11) is 1.62. The zero-order valence-electron chi connectivity index (χ0n) is 19.4. The summed E-state index contributed by atoms with van der Waals surface area (Å²) in [5.41, 5.74) is 1.11. The van der Waals surface area contributed by atoms with Crippen molar-refractivity contribution < 1.29 is 18.3 Å². The first-order valence-electron chi connectivity index (χ1n) is 11.5. The van der Waals surface area contributed by atoms with Gasteiger partial charge in [0.2, 0.25) is 17.6 Å². The molecule has 1 aromatic carbocycles. The minimum atomic E-state index is -1.05. The van der Waals surface area contributed by atoms with E-state index in [1.807, 2.05) is 26.0 Å². The Labute approximate surface area is 196 Å². The molecule has 1 aliphatic carbocycles. The first kappa shape index (κ1) is 22.4. The highest BCUT2D eigenvalue weighted by molar-refractivity contribution is 5.49. The SMILES string of the molecule is COc1cc(N2CC3CCC(C2)C3Nc2nc(Oc3cccc(F)c3F)n(C(C)C)n2)ccn1. The maximum atomic E-state index is 14.1. The van der Waals surface area contributed by atoms with Crippen molar-refractivity contribution in [2.45, 2.75) is 38.8 Å². The molecule has 34 heavy (non-hydrogen) atoms. The molecule has 180 valence electrons. The number of piperidine rings is 1. The van der Waals surface area contributed by atoms with Crippen LogP contribution in [0.1, 0.15) is 32.7 Å². The summed E-state index contributed by atoms with van der Waals surface area (Å²) in [6, 6.07) is 8.06. The van der Waals surface area contributed by atoms with Gasteiger partial charge in [0.05, 0.1) is 13.2 Å². The van der Waals surface area contributed by atoms with Crippen molar-refractivity contribution >= 4 is 11.6 Å². The first-order chi connectivity index (χ1) is 16.4. The monoisotopic (exact) mass is 470 g/mol. The number of anilines is 2. The van der Waals surface area contributed by atoms with Gasteiger partial charge in [0.25, 0.3) is 0 Å². The average molecular weight is 471 g/mol. The zero-order valence-corrected chi connectivity index (χ0v) is 19.4. The molecule has 2 aromatic heterocycles. The molecular weight excluding hydrogens is 442 g/mol. The van der Waals surface area contributed by atoms with Gasteiger partial charge in [-0.3, -0.25) is 0 Å². The van der Waals surface area contributed by atoms with Gasteiger partial charge in [0.1, 0.15) is 0 Å². The van der Waals surface area contributed by atoms with Crippen LogP contribution < -0.4 is 19.7 Å². The smallest absolute Gasteiger partial charge is 0.322 e. The van der Waals surface area contributed by atoms with Crippen molar-refractivity contribution in [3.05, 3.63) is 48.2 Å². The highest BCUT2D eigenvalue weighted by atomic mass is 19.2. The number of nitrogens with zero attached hydrogens (tertiary/aromatic N) is 5. The maximum Gasteiger partial charge on any atom is 0.322 e. The second-order valence-corrected chi connectivity index (χ2v) is 9.14. The minimum absolute atomic E-state index is 0.0742. The fourth-order valence-electron chi connectivity index (χ4n) is 4.96. The topological polar surface area (TPSA) is 77.3 Å². The lowest BCUT2D eigenvalue weighted by atomic mass is 9.92. The average Bonchev–Trinajstić information content (AvgIpc) is 3.32. The molecule has 3 heterocycles. The molecule has 8 nitrogen and oxygen atoms in total. The van der Waals surface area contributed by atoms with Crippen molar-refractivity contribution in [1.82, 2.24) is 19.7 Å². The molecule has 2 unspecified atom stereocenters. The van der Waals surface area contributed by atoms with Crippen LogP contribution >= 0.6 is 0 Å². The fraction of sp³-hybridized carbons (Fsp3) is 0.458. The number of hydrogen-bond donors (Lipinski definition) is 1. The molecule has 0 amide bonds. The largest absolute Gasteiger partial charge is 0.481 e. The molecule has 10 heteroatoms. The van der Waals surface area contributed by atoms with Crippen molar-refractivity contribution in [3.63, 3.8) is 0 Å². The number of rotatable bonds is 7. The summed E-state index contributed by atoms with van der Waals surface area (Å²) in [4.78, 5) is 11.1. The van der Waals surface area contributed by atoms with Gasteiger partial charge in [-0.25, -0.2) is 14.1 Å². The number of benzene rings is 1. The number of fused-ring (bicyclic) bond motifs is 2. The highest BCUT2D eigenvalue weighted by Gasteiger charge is 2.42. The number of hydrogen-bond acceptors (Lipinski definition) is 7. The number of methoxy groups -OCH3 is 1. The van der Waals surface area contributed by atoms with Crippen LogP contribution in [-0.4, -0.2) is 46.0 Å². The lowest BCUT2D eigenvalue weighted by Gasteiger charge is -2.39. The molecule has 1 N–H and O–H groups in total. The van der Waals surface area contributed by atoms with Gasteiger partial charge in [-0.1, -0.05) is 6.07 Å². The van der Waals surface area contributed by atoms with Crippen LogP contribution in [0.15, 0.2) is 36.5 Å². The van der Waals surface area contributed by atoms with E-state index < -0.39 is 11.6 Å². The summed E-state index contributed by atoms with van der Waals surface area (Å²) in [5, 5.41) is 8.07. The summed E-state index contributed by atoms with van der Waals surface area (Å²) >= 11 is 0. The Morgan fingerprint density at radius 1 is 1.12 bits per heavy atom. The third-order valence-corrected chi connectivity index (χ3v) is 6.63. The standard InChI is InChI=1S/C24H28F2N6O2/c1-14(2)32-24(34-19-6-4-5-18(25)21(19)26)29-23(30-32)28-22-15-7-8-16(22)13-31(12-15)17-9-10-27-20(11-17)33-3/h4-6,9-11,14-16,22H,7-8,12-13H2,1-3H3,(H,28,30). The molecule has 2 atom stereocenters. The van der Waals surface area contributed by atoms with Gasteiger partial charge >= 0.3 is 6.01 Å². The zero-order chi connectivity index (χ0) is 23.8. The van der Waals surface area contributed by atoms with Gasteiger partial charge in [0, 0.05) is 37.1 Å². The third-order valence-electron chi connectivity index (χ3n) is 6.63. The van der Waals surface area contributed by atoms with Crippen LogP contribution in [0.25, 0.3) is 0 Å². The third kappa shape index (κ3) is 4.24. The molecule has 1 aliphatic heterocycles. The normalized spacial score (nSPS) is 21.7. The summed E-state index contributed by atoms with van der Waals surface area (Å²) < 4.78 is 40.2. The molecule has 1 saturated carbocycles. The van der Waals surface area contributed by atoms with Gasteiger partial charge in [0.15, 0.2) is 11.6 Å². The Morgan fingerprint density at radius 3 is 2.59 bits per heavy atom. The van der Waals surface area contributed by atoms with Crippen LogP contribution in [0.2, 0.25) is 0 Å². The molecule has 1 saturated heterocycles. The van der Waals surface area contributed by atoms with E-state index in [0.717, 1.165) is 37.7 Å². The van der Waals surface area contributed by atoms with Gasteiger partial charge in [-0.2, -0.15) is 9.37 Å². The van der Waals surface area contributed by atoms with Crippen molar-refractivity contribution in [2.24, 2.45) is 11.8 Å². The maximum absolute atomic E-state index is 14.1. The minimum Gasteiger partial charge on any atom is -0.481 e. The summed E-state index contributed by atoms with van der Waals surface area (Å²) in [6.45, 7) is 5.67. The van der Waals surface area contributed by atoms with Crippen LogP contribution in [-0.2, 0) is 0 Å². The van der Waals surface area contributed by atoms with E-state index in [1.165, 1.54) is 12.1 Å². The highest BCUT2D eigenvalue weighted by Crippen LogP contribution is 2.40. The summed E-state index contributed by atoms with van der Waals surface area (Å²) in [6.07, 6.45) is 4.00.